The molecule has 6 nitrogen and oxygen atoms in total. The van der Waals surface area contributed by atoms with Crippen LogP contribution < -0.4 is 10.6 Å². The molecule has 2 aliphatic heterocycles. The van der Waals surface area contributed by atoms with Crippen molar-refractivity contribution in [1.29, 1.82) is 0 Å². The van der Waals surface area contributed by atoms with Gasteiger partial charge in [0.2, 0.25) is 0 Å². The molecule has 1 atom stereocenters. The molecule has 29 heavy (non-hydrogen) atoms. The lowest BCUT2D eigenvalue weighted by Gasteiger charge is -2.47. The van der Waals surface area contributed by atoms with Crippen molar-refractivity contribution in [2.45, 2.75) is 57.5 Å². The number of aliphatic imine (C=N–C) groups is 1. The molecule has 0 aromatic heterocycles. The Morgan fingerprint density at radius 3 is 2.41 bits per heavy atom. The fourth-order valence-corrected chi connectivity index (χ4v) is 5.68. The van der Waals surface area contributed by atoms with E-state index in [9.17, 15) is 0 Å². The summed E-state index contributed by atoms with van der Waals surface area (Å²) in [7, 11) is 0. The fourth-order valence-electron chi connectivity index (χ4n) is 4.78. The summed E-state index contributed by atoms with van der Waals surface area (Å²) in [5.41, 5.74) is 0.289. The SMILES string of the molecule is CCNC(=NCC1(N2CCSCC2)CCCCC1)NCC(C)N1CCOCC1.I. The molecule has 0 radical (unpaired) electrons. The number of thioether (sulfide) groups is 1. The largest absolute Gasteiger partial charge is 0.379 e. The van der Waals surface area contributed by atoms with Gasteiger partial charge in [0.05, 0.1) is 19.8 Å². The zero-order valence-corrected chi connectivity index (χ0v) is 21.6. The van der Waals surface area contributed by atoms with Crippen LogP contribution in [0, 0.1) is 0 Å². The lowest BCUT2D eigenvalue weighted by Crippen LogP contribution is -2.56. The number of hydrogen-bond donors (Lipinski definition) is 2. The van der Waals surface area contributed by atoms with Crippen LogP contribution in [0.2, 0.25) is 0 Å². The van der Waals surface area contributed by atoms with E-state index < -0.39 is 0 Å². The molecule has 2 N–H and O–H groups in total. The lowest BCUT2D eigenvalue weighted by molar-refractivity contribution is 0.0211. The molecule has 0 spiro atoms. The number of nitrogens with zero attached hydrogens (tertiary/aromatic N) is 3. The Bertz CT molecular complexity index is 478. The van der Waals surface area contributed by atoms with Gasteiger partial charge in [0.25, 0.3) is 0 Å². The summed E-state index contributed by atoms with van der Waals surface area (Å²) < 4.78 is 5.48. The van der Waals surface area contributed by atoms with Gasteiger partial charge in [-0.15, -0.1) is 24.0 Å². The summed E-state index contributed by atoms with van der Waals surface area (Å²) in [6.45, 7) is 13.5. The van der Waals surface area contributed by atoms with Crippen LogP contribution in [0.1, 0.15) is 46.0 Å². The van der Waals surface area contributed by atoms with Gasteiger partial charge < -0.3 is 15.4 Å². The van der Waals surface area contributed by atoms with Crippen molar-refractivity contribution >= 4 is 41.7 Å². The molecule has 1 aliphatic carbocycles. The fraction of sp³-hybridized carbons (Fsp3) is 0.952. The van der Waals surface area contributed by atoms with E-state index in [1.165, 1.54) is 56.7 Å². The molecule has 3 fully saturated rings. The first-order chi connectivity index (χ1) is 13.7. The summed E-state index contributed by atoms with van der Waals surface area (Å²) in [5, 5.41) is 7.08. The minimum Gasteiger partial charge on any atom is -0.379 e. The highest BCUT2D eigenvalue weighted by molar-refractivity contribution is 14.0. The summed E-state index contributed by atoms with van der Waals surface area (Å²) in [5.74, 6) is 3.54. The Labute approximate surface area is 199 Å². The van der Waals surface area contributed by atoms with Crippen molar-refractivity contribution in [2.24, 2.45) is 4.99 Å². The van der Waals surface area contributed by atoms with Crippen molar-refractivity contribution in [3.05, 3.63) is 0 Å². The molecule has 8 heteroatoms. The standard InChI is InChI=1S/C21H41N5OS.HI/c1-3-22-20(23-17-19(2)25-9-13-27-14-10-25)24-18-21(7-5-4-6-8-21)26-11-15-28-16-12-26;/h19H,3-18H2,1-2H3,(H2,22,23,24);1H. The quantitative estimate of drug-likeness (QED) is 0.295. The monoisotopic (exact) mass is 539 g/mol. The summed E-state index contributed by atoms with van der Waals surface area (Å²) >= 11 is 2.10. The maximum Gasteiger partial charge on any atom is 0.191 e. The van der Waals surface area contributed by atoms with Gasteiger partial charge in [0.15, 0.2) is 5.96 Å². The molecule has 1 unspecified atom stereocenters. The first-order valence-electron chi connectivity index (χ1n) is 11.4. The number of nitrogens with one attached hydrogen (secondary N) is 2. The van der Waals surface area contributed by atoms with Gasteiger partial charge in [0, 0.05) is 62.4 Å². The van der Waals surface area contributed by atoms with E-state index in [-0.39, 0.29) is 29.5 Å². The van der Waals surface area contributed by atoms with Crippen molar-refractivity contribution in [2.75, 3.05) is 70.5 Å². The molecule has 0 aromatic rings. The van der Waals surface area contributed by atoms with E-state index in [0.29, 0.717) is 6.04 Å². The van der Waals surface area contributed by atoms with Crippen molar-refractivity contribution in [1.82, 2.24) is 20.4 Å². The molecule has 3 aliphatic rings. The molecule has 0 aromatic carbocycles. The van der Waals surface area contributed by atoms with Gasteiger partial charge in [-0.25, -0.2) is 0 Å². The Balaban J connectivity index is 0.00000300. The Morgan fingerprint density at radius 1 is 1.07 bits per heavy atom. The first-order valence-corrected chi connectivity index (χ1v) is 12.6. The number of rotatable bonds is 7. The number of halogens is 1. The molecular formula is C21H42IN5OS. The van der Waals surface area contributed by atoms with E-state index in [1.807, 2.05) is 0 Å². The van der Waals surface area contributed by atoms with Crippen LogP contribution in [0.3, 0.4) is 0 Å². The average molecular weight is 540 g/mol. The van der Waals surface area contributed by atoms with Crippen LogP contribution >= 0.6 is 35.7 Å². The maximum absolute atomic E-state index is 5.48. The second kappa shape index (κ2) is 13.6. The maximum atomic E-state index is 5.48. The number of ether oxygens (including phenoxy) is 1. The molecule has 1 saturated carbocycles. The third-order valence-electron chi connectivity index (χ3n) is 6.58. The van der Waals surface area contributed by atoms with E-state index in [2.05, 4.69) is 46.0 Å². The third kappa shape index (κ3) is 7.70. The van der Waals surface area contributed by atoms with Gasteiger partial charge >= 0.3 is 0 Å². The summed E-state index contributed by atoms with van der Waals surface area (Å²) in [6, 6.07) is 0.496. The van der Waals surface area contributed by atoms with Crippen LogP contribution in [0.4, 0.5) is 0 Å². The van der Waals surface area contributed by atoms with Crippen LogP contribution in [0.15, 0.2) is 4.99 Å². The molecule has 170 valence electrons. The van der Waals surface area contributed by atoms with Crippen molar-refractivity contribution < 1.29 is 4.74 Å². The highest BCUT2D eigenvalue weighted by Gasteiger charge is 2.38. The second-order valence-electron chi connectivity index (χ2n) is 8.46. The molecule has 0 amide bonds. The lowest BCUT2D eigenvalue weighted by atomic mass is 9.80. The zero-order chi connectivity index (χ0) is 19.7. The number of guanidine groups is 1. The van der Waals surface area contributed by atoms with Gasteiger partial charge in [-0.05, 0) is 26.7 Å². The number of morpholine rings is 1. The highest BCUT2D eigenvalue weighted by Crippen LogP contribution is 2.35. The minimum atomic E-state index is 0. The van der Waals surface area contributed by atoms with Crippen molar-refractivity contribution in [3.8, 4) is 0 Å². The predicted octanol–water partition coefficient (Wildman–Crippen LogP) is 2.63. The molecule has 0 bridgehead atoms. The molecule has 2 saturated heterocycles. The summed E-state index contributed by atoms with van der Waals surface area (Å²) in [6.07, 6.45) is 6.73. The minimum absolute atomic E-state index is 0. The van der Waals surface area contributed by atoms with E-state index in [0.717, 1.165) is 51.9 Å². The smallest absolute Gasteiger partial charge is 0.191 e. The van der Waals surface area contributed by atoms with Crippen LogP contribution in [-0.4, -0.2) is 97.9 Å². The highest BCUT2D eigenvalue weighted by atomic mass is 127. The second-order valence-corrected chi connectivity index (χ2v) is 9.68. The van der Waals surface area contributed by atoms with E-state index in [1.54, 1.807) is 0 Å². The molecule has 2 heterocycles. The van der Waals surface area contributed by atoms with Crippen LogP contribution in [0.5, 0.6) is 0 Å². The van der Waals surface area contributed by atoms with E-state index >= 15 is 0 Å². The first kappa shape index (κ1) is 25.5. The van der Waals surface area contributed by atoms with Gasteiger partial charge in [-0.1, -0.05) is 19.3 Å². The Kier molecular flexibility index (Phi) is 12.0. The van der Waals surface area contributed by atoms with Crippen LogP contribution in [-0.2, 0) is 4.74 Å². The van der Waals surface area contributed by atoms with Gasteiger partial charge in [-0.3, -0.25) is 14.8 Å². The molecular weight excluding hydrogens is 497 g/mol. The third-order valence-corrected chi connectivity index (χ3v) is 7.52. The van der Waals surface area contributed by atoms with Crippen LogP contribution in [0.25, 0.3) is 0 Å². The van der Waals surface area contributed by atoms with Gasteiger partial charge in [-0.2, -0.15) is 11.8 Å². The summed E-state index contributed by atoms with van der Waals surface area (Å²) in [4.78, 5) is 10.4. The van der Waals surface area contributed by atoms with Gasteiger partial charge in [0.1, 0.15) is 0 Å². The Morgan fingerprint density at radius 2 is 1.76 bits per heavy atom. The normalized spacial score (nSPS) is 25.1. The average Bonchev–Trinajstić information content (AvgIpc) is 2.77. The number of hydrogen-bond acceptors (Lipinski definition) is 5. The molecule has 3 rings (SSSR count). The predicted molar refractivity (Wildman–Crippen MR) is 136 cm³/mol. The Hall–Kier alpha value is 0.230. The van der Waals surface area contributed by atoms with E-state index in [4.69, 9.17) is 9.73 Å². The van der Waals surface area contributed by atoms with Crippen molar-refractivity contribution in [3.63, 3.8) is 0 Å². The zero-order valence-electron chi connectivity index (χ0n) is 18.5. The topological polar surface area (TPSA) is 52.1 Å².